The Morgan fingerprint density at radius 3 is 2.41 bits per heavy atom. The van der Waals surface area contributed by atoms with Gasteiger partial charge in [-0.2, -0.15) is 0 Å². The van der Waals surface area contributed by atoms with E-state index in [1.807, 2.05) is 0 Å². The predicted molar refractivity (Wildman–Crippen MR) is 63.3 cm³/mol. The lowest BCUT2D eigenvalue weighted by Crippen LogP contribution is -2.05. The monoisotopic (exact) mass is 240 g/mol. The lowest BCUT2D eigenvalue weighted by atomic mass is 10.1. The second kappa shape index (κ2) is 6.05. The molecule has 1 rings (SSSR count). The largest absolute Gasteiger partial charge is 0.490 e. The average Bonchev–Trinajstić information content (AvgIpc) is 2.31. The first kappa shape index (κ1) is 13.2. The van der Waals surface area contributed by atoms with Gasteiger partial charge in [0.1, 0.15) is 0 Å². The predicted octanol–water partition coefficient (Wildman–Crippen LogP) is 1.85. The molecule has 1 aromatic rings. The molecule has 0 atom stereocenters. The molecule has 0 saturated carbocycles. The van der Waals surface area contributed by atoms with Crippen LogP contribution in [0.15, 0.2) is 12.1 Å². The van der Waals surface area contributed by atoms with Gasteiger partial charge in [0.25, 0.3) is 0 Å². The molecule has 17 heavy (non-hydrogen) atoms. The summed E-state index contributed by atoms with van der Waals surface area (Å²) < 4.78 is 10.6. The summed E-state index contributed by atoms with van der Waals surface area (Å²) in [5.74, 6) is 0.528. The first-order valence-electron chi connectivity index (χ1n) is 5.41. The molecule has 0 aliphatic carbocycles. The van der Waals surface area contributed by atoms with E-state index < -0.39 is 4.92 Å². The van der Waals surface area contributed by atoms with E-state index in [4.69, 9.17) is 15.2 Å². The van der Waals surface area contributed by atoms with E-state index in [9.17, 15) is 10.1 Å². The van der Waals surface area contributed by atoms with Crippen LogP contribution < -0.4 is 15.2 Å². The van der Waals surface area contributed by atoms with Gasteiger partial charge in [0, 0.05) is 12.6 Å². The number of benzene rings is 1. The minimum absolute atomic E-state index is 0.113. The van der Waals surface area contributed by atoms with Crippen LogP contribution in [0.5, 0.6) is 11.5 Å². The van der Waals surface area contributed by atoms with Crippen LogP contribution in [0.1, 0.15) is 19.4 Å². The quantitative estimate of drug-likeness (QED) is 0.605. The fraction of sp³-hybridized carbons (Fsp3) is 0.455. The fourth-order valence-electron chi connectivity index (χ4n) is 1.45. The van der Waals surface area contributed by atoms with Gasteiger partial charge in [-0.3, -0.25) is 10.1 Å². The van der Waals surface area contributed by atoms with Gasteiger partial charge in [0.2, 0.25) is 5.75 Å². The first-order chi connectivity index (χ1) is 8.13. The highest BCUT2D eigenvalue weighted by molar-refractivity contribution is 5.58. The molecular formula is C11H16N2O4. The molecule has 0 saturated heterocycles. The number of hydrogen-bond donors (Lipinski definition) is 1. The molecule has 0 bridgehead atoms. The second-order valence-corrected chi connectivity index (χ2v) is 3.27. The molecule has 0 aromatic heterocycles. The van der Waals surface area contributed by atoms with Crippen molar-refractivity contribution < 1.29 is 14.4 Å². The SMILES string of the molecule is CCOc1cc(CN)cc([N+](=O)[O-])c1OCC. The fourth-order valence-corrected chi connectivity index (χ4v) is 1.45. The summed E-state index contributed by atoms with van der Waals surface area (Å²) in [5.41, 5.74) is 6.02. The van der Waals surface area contributed by atoms with Crippen molar-refractivity contribution in [1.82, 2.24) is 0 Å². The molecule has 1 aromatic carbocycles. The highest BCUT2D eigenvalue weighted by Gasteiger charge is 2.21. The highest BCUT2D eigenvalue weighted by atomic mass is 16.6. The Kier molecular flexibility index (Phi) is 4.71. The molecule has 0 unspecified atom stereocenters. The third kappa shape index (κ3) is 3.07. The standard InChI is InChI=1S/C11H16N2O4/c1-3-16-10-6-8(7-12)5-9(13(14)15)11(10)17-4-2/h5-6H,3-4,7,12H2,1-2H3. The number of hydrogen-bond acceptors (Lipinski definition) is 5. The van der Waals surface area contributed by atoms with Crippen LogP contribution in [0.4, 0.5) is 5.69 Å². The number of ether oxygens (including phenoxy) is 2. The number of nitrogens with zero attached hydrogens (tertiary/aromatic N) is 1. The van der Waals surface area contributed by atoms with Crippen molar-refractivity contribution >= 4 is 5.69 Å². The van der Waals surface area contributed by atoms with E-state index in [0.717, 1.165) is 0 Å². The van der Waals surface area contributed by atoms with Crippen molar-refractivity contribution in [2.75, 3.05) is 13.2 Å². The Morgan fingerprint density at radius 2 is 1.94 bits per heavy atom. The summed E-state index contributed by atoms with van der Waals surface area (Å²) in [5, 5.41) is 11.0. The third-order valence-electron chi connectivity index (χ3n) is 2.12. The molecule has 0 aliphatic heterocycles. The van der Waals surface area contributed by atoms with Crippen LogP contribution >= 0.6 is 0 Å². The van der Waals surface area contributed by atoms with Crippen molar-refractivity contribution in [2.24, 2.45) is 5.73 Å². The number of rotatable bonds is 6. The minimum Gasteiger partial charge on any atom is -0.490 e. The summed E-state index contributed by atoms with van der Waals surface area (Å²) in [6.07, 6.45) is 0. The van der Waals surface area contributed by atoms with Crippen molar-refractivity contribution in [3.05, 3.63) is 27.8 Å². The van der Waals surface area contributed by atoms with Crippen molar-refractivity contribution in [3.8, 4) is 11.5 Å². The maximum atomic E-state index is 11.0. The summed E-state index contributed by atoms with van der Waals surface area (Å²) >= 11 is 0. The zero-order chi connectivity index (χ0) is 12.8. The van der Waals surface area contributed by atoms with E-state index in [2.05, 4.69) is 0 Å². The van der Waals surface area contributed by atoms with Gasteiger partial charge >= 0.3 is 5.69 Å². The maximum absolute atomic E-state index is 11.0. The van der Waals surface area contributed by atoms with Crippen LogP contribution in [0.25, 0.3) is 0 Å². The van der Waals surface area contributed by atoms with Crippen molar-refractivity contribution in [1.29, 1.82) is 0 Å². The smallest absolute Gasteiger partial charge is 0.315 e. The Bertz CT molecular complexity index is 407. The lowest BCUT2D eigenvalue weighted by molar-refractivity contribution is -0.386. The van der Waals surface area contributed by atoms with Gasteiger partial charge in [0.15, 0.2) is 5.75 Å². The maximum Gasteiger partial charge on any atom is 0.315 e. The van der Waals surface area contributed by atoms with Crippen LogP contribution in [0, 0.1) is 10.1 Å². The summed E-state index contributed by atoms with van der Waals surface area (Å²) in [6.45, 7) is 4.52. The molecule has 0 radical (unpaired) electrons. The van der Waals surface area contributed by atoms with Gasteiger partial charge in [-0.25, -0.2) is 0 Å². The van der Waals surface area contributed by atoms with Crippen LogP contribution in [0.3, 0.4) is 0 Å². The third-order valence-corrected chi connectivity index (χ3v) is 2.12. The molecule has 94 valence electrons. The van der Waals surface area contributed by atoms with E-state index in [-0.39, 0.29) is 18.0 Å². The molecule has 0 fully saturated rings. The topological polar surface area (TPSA) is 87.6 Å². The molecule has 0 spiro atoms. The van der Waals surface area contributed by atoms with E-state index in [0.29, 0.717) is 24.5 Å². The van der Waals surface area contributed by atoms with Crippen LogP contribution in [0.2, 0.25) is 0 Å². The summed E-state index contributed by atoms with van der Waals surface area (Å²) in [6, 6.07) is 3.08. The minimum atomic E-state index is -0.493. The highest BCUT2D eigenvalue weighted by Crippen LogP contribution is 2.38. The lowest BCUT2D eigenvalue weighted by Gasteiger charge is -2.12. The Balaban J connectivity index is 3.32. The van der Waals surface area contributed by atoms with Gasteiger partial charge in [-0.05, 0) is 25.5 Å². The van der Waals surface area contributed by atoms with Crippen LogP contribution in [-0.4, -0.2) is 18.1 Å². The van der Waals surface area contributed by atoms with Gasteiger partial charge in [-0.1, -0.05) is 0 Å². The Labute approximate surface area is 99.5 Å². The first-order valence-corrected chi connectivity index (χ1v) is 5.41. The Hall–Kier alpha value is -1.82. The van der Waals surface area contributed by atoms with Gasteiger partial charge in [-0.15, -0.1) is 0 Å². The molecule has 6 heteroatoms. The second-order valence-electron chi connectivity index (χ2n) is 3.27. The summed E-state index contributed by atoms with van der Waals surface area (Å²) in [4.78, 5) is 10.5. The van der Waals surface area contributed by atoms with E-state index >= 15 is 0 Å². The van der Waals surface area contributed by atoms with Crippen LogP contribution in [-0.2, 0) is 6.54 Å². The zero-order valence-corrected chi connectivity index (χ0v) is 9.93. The van der Waals surface area contributed by atoms with Gasteiger partial charge < -0.3 is 15.2 Å². The van der Waals surface area contributed by atoms with E-state index in [1.165, 1.54) is 6.07 Å². The summed E-state index contributed by atoms with van der Waals surface area (Å²) in [7, 11) is 0. The average molecular weight is 240 g/mol. The Morgan fingerprint density at radius 1 is 1.29 bits per heavy atom. The van der Waals surface area contributed by atoms with Gasteiger partial charge in [0.05, 0.1) is 18.1 Å². The number of nitrogens with two attached hydrogens (primary N) is 1. The number of nitro groups is 1. The molecule has 6 nitrogen and oxygen atoms in total. The van der Waals surface area contributed by atoms with Crippen molar-refractivity contribution in [2.45, 2.75) is 20.4 Å². The number of nitro benzene ring substituents is 1. The molecule has 0 aliphatic rings. The molecular weight excluding hydrogens is 224 g/mol. The van der Waals surface area contributed by atoms with E-state index in [1.54, 1.807) is 19.9 Å². The molecule has 2 N–H and O–H groups in total. The normalized spacial score (nSPS) is 10.1. The molecule has 0 amide bonds. The van der Waals surface area contributed by atoms with Crippen molar-refractivity contribution in [3.63, 3.8) is 0 Å². The zero-order valence-electron chi connectivity index (χ0n) is 9.93. The molecule has 0 heterocycles.